The Hall–Kier alpha value is -2.73. The summed E-state index contributed by atoms with van der Waals surface area (Å²) < 4.78 is 5.44. The molecule has 2 aromatic carbocycles. The Balaban J connectivity index is 1.65. The average Bonchev–Trinajstić information content (AvgIpc) is 3.02. The van der Waals surface area contributed by atoms with Crippen molar-refractivity contribution in [3.8, 4) is 5.75 Å². The maximum Gasteiger partial charge on any atom is 0.227 e. The monoisotopic (exact) mass is 478 g/mol. The number of carbonyl (C=O) groups excluding carboxylic acids is 2. The first-order valence-corrected chi connectivity index (χ1v) is 13.0. The summed E-state index contributed by atoms with van der Waals surface area (Å²) in [6.07, 6.45) is 4.21. The summed E-state index contributed by atoms with van der Waals surface area (Å²) in [5.41, 5.74) is 4.62. The second-order valence-electron chi connectivity index (χ2n) is 9.03. The van der Waals surface area contributed by atoms with Crippen molar-refractivity contribution in [3.05, 3.63) is 70.6 Å². The normalized spacial score (nSPS) is 19.6. The fraction of sp³-hybridized carbons (Fsp3) is 0.429. The molecule has 180 valence electrons. The highest BCUT2D eigenvalue weighted by Crippen LogP contribution is 2.40. The lowest BCUT2D eigenvalue weighted by atomic mass is 9.86. The molecule has 34 heavy (non-hydrogen) atoms. The number of rotatable bonds is 7. The molecule has 6 heteroatoms. The van der Waals surface area contributed by atoms with Crippen LogP contribution in [0, 0.1) is 0 Å². The Labute approximate surface area is 207 Å². The van der Waals surface area contributed by atoms with Crippen molar-refractivity contribution in [2.24, 2.45) is 0 Å². The molecule has 2 heterocycles. The summed E-state index contributed by atoms with van der Waals surface area (Å²) in [4.78, 5) is 31.6. The van der Waals surface area contributed by atoms with E-state index in [2.05, 4.69) is 31.7 Å². The highest BCUT2D eigenvalue weighted by atomic mass is 32.2. The molecule has 4 rings (SSSR count). The number of fused-ring (bicyclic) bond motifs is 3. The summed E-state index contributed by atoms with van der Waals surface area (Å²) in [6.45, 7) is 6.69. The van der Waals surface area contributed by atoms with E-state index in [0.29, 0.717) is 19.4 Å². The van der Waals surface area contributed by atoms with Gasteiger partial charge in [0.05, 0.1) is 25.6 Å². The third kappa shape index (κ3) is 4.74. The lowest BCUT2D eigenvalue weighted by Crippen LogP contribution is -2.50. The quantitative estimate of drug-likeness (QED) is 0.515. The lowest BCUT2D eigenvalue weighted by molar-refractivity contribution is -0.138. The van der Waals surface area contributed by atoms with Gasteiger partial charge in [-0.3, -0.25) is 9.59 Å². The van der Waals surface area contributed by atoms with Crippen molar-refractivity contribution in [2.45, 2.75) is 62.4 Å². The fourth-order valence-corrected chi connectivity index (χ4v) is 6.21. The topological polar surface area (TPSA) is 49.9 Å². The second kappa shape index (κ2) is 10.7. The molecule has 1 fully saturated rings. The number of hydrogen-bond donors (Lipinski definition) is 0. The molecule has 2 atom stereocenters. The number of thioether (sulfide) groups is 1. The van der Waals surface area contributed by atoms with Crippen LogP contribution in [0.5, 0.6) is 5.75 Å². The molecule has 0 radical (unpaired) electrons. The minimum Gasteiger partial charge on any atom is -0.497 e. The number of amides is 2. The van der Waals surface area contributed by atoms with E-state index in [4.69, 9.17) is 4.74 Å². The van der Waals surface area contributed by atoms with Gasteiger partial charge in [-0.05, 0) is 65.5 Å². The van der Waals surface area contributed by atoms with Gasteiger partial charge in [0.25, 0.3) is 0 Å². The van der Waals surface area contributed by atoms with E-state index in [0.717, 1.165) is 47.5 Å². The average molecular weight is 479 g/mol. The molecule has 2 amide bonds. The third-order valence-electron chi connectivity index (χ3n) is 7.19. The van der Waals surface area contributed by atoms with Gasteiger partial charge in [-0.15, -0.1) is 0 Å². The number of likely N-dealkylation sites (N-methyl/N-ethyl adjacent to an activating group) is 1. The molecule has 0 aromatic heterocycles. The molecule has 0 spiro atoms. The van der Waals surface area contributed by atoms with E-state index in [1.54, 1.807) is 18.9 Å². The van der Waals surface area contributed by atoms with Gasteiger partial charge in [0.1, 0.15) is 5.75 Å². The van der Waals surface area contributed by atoms with Gasteiger partial charge in [-0.25, -0.2) is 0 Å². The van der Waals surface area contributed by atoms with Crippen LogP contribution in [-0.2, 0) is 28.9 Å². The summed E-state index contributed by atoms with van der Waals surface area (Å²) in [5.74, 6) is 1.10. The van der Waals surface area contributed by atoms with Gasteiger partial charge in [0.15, 0.2) is 0 Å². The first-order valence-electron chi connectivity index (χ1n) is 12.1. The first kappa shape index (κ1) is 24.4. The van der Waals surface area contributed by atoms with Crippen LogP contribution in [0.15, 0.2) is 53.3 Å². The molecule has 0 aliphatic carbocycles. The van der Waals surface area contributed by atoms with Crippen LogP contribution in [0.25, 0.3) is 0 Å². The number of benzene rings is 2. The standard InChI is InChI=1S/C28H34N2O3S/c1-5-19-9-7-10-21(28(19)34-6-2)18-26(32)29(3)24-11-8-12-25(31)30-16-15-20-17-22(33-4)13-14-23(20)27(24)30/h6-7,9-10,13-14,17,24,27H,2,5,8,11-12,15-16,18H2,1,3-4H3. The Morgan fingerprint density at radius 2 is 2.06 bits per heavy atom. The summed E-state index contributed by atoms with van der Waals surface area (Å²) in [7, 11) is 3.58. The first-order chi connectivity index (χ1) is 16.5. The number of ether oxygens (including phenoxy) is 1. The highest BCUT2D eigenvalue weighted by molar-refractivity contribution is 8.02. The summed E-state index contributed by atoms with van der Waals surface area (Å²) in [6, 6.07) is 12.1. The van der Waals surface area contributed by atoms with Crippen molar-refractivity contribution in [2.75, 3.05) is 20.7 Å². The number of hydrogen-bond acceptors (Lipinski definition) is 4. The molecule has 2 aliphatic rings. The zero-order chi connectivity index (χ0) is 24.2. The minimum atomic E-state index is -0.123. The van der Waals surface area contributed by atoms with E-state index in [-0.39, 0.29) is 23.9 Å². The summed E-state index contributed by atoms with van der Waals surface area (Å²) >= 11 is 1.59. The van der Waals surface area contributed by atoms with E-state index in [9.17, 15) is 9.59 Å². The Morgan fingerprint density at radius 1 is 1.26 bits per heavy atom. The van der Waals surface area contributed by atoms with Gasteiger partial charge < -0.3 is 14.5 Å². The van der Waals surface area contributed by atoms with E-state index < -0.39 is 0 Å². The van der Waals surface area contributed by atoms with Gasteiger partial charge in [-0.1, -0.05) is 49.5 Å². The van der Waals surface area contributed by atoms with Gasteiger partial charge in [-0.2, -0.15) is 0 Å². The van der Waals surface area contributed by atoms with Gasteiger partial charge >= 0.3 is 0 Å². The molecule has 2 aromatic rings. The van der Waals surface area contributed by atoms with Crippen LogP contribution in [0.4, 0.5) is 0 Å². The second-order valence-corrected chi connectivity index (χ2v) is 10.0. The number of carbonyl (C=O) groups is 2. The van der Waals surface area contributed by atoms with Crippen molar-refractivity contribution in [1.82, 2.24) is 9.80 Å². The number of methoxy groups -OCH3 is 1. The molecule has 2 unspecified atom stereocenters. The highest BCUT2D eigenvalue weighted by Gasteiger charge is 2.41. The van der Waals surface area contributed by atoms with Crippen molar-refractivity contribution in [1.29, 1.82) is 0 Å². The SMILES string of the molecule is C=CSc1c(CC)cccc1CC(=O)N(C)C1CCCC(=O)N2CCc3cc(OC)ccc3C12. The largest absolute Gasteiger partial charge is 0.497 e. The number of aryl methyl sites for hydroxylation is 1. The van der Waals surface area contributed by atoms with Crippen molar-refractivity contribution in [3.63, 3.8) is 0 Å². The third-order valence-corrected chi connectivity index (χ3v) is 8.12. The van der Waals surface area contributed by atoms with Crippen LogP contribution in [0.2, 0.25) is 0 Å². The predicted molar refractivity (Wildman–Crippen MR) is 137 cm³/mol. The molecule has 0 N–H and O–H groups in total. The molecule has 1 saturated heterocycles. The molecule has 2 aliphatic heterocycles. The zero-order valence-electron chi connectivity index (χ0n) is 20.4. The van der Waals surface area contributed by atoms with E-state index in [1.807, 2.05) is 40.5 Å². The zero-order valence-corrected chi connectivity index (χ0v) is 21.2. The van der Waals surface area contributed by atoms with E-state index >= 15 is 0 Å². The Kier molecular flexibility index (Phi) is 7.67. The fourth-order valence-electron chi connectivity index (χ4n) is 5.39. The van der Waals surface area contributed by atoms with Crippen LogP contribution < -0.4 is 4.74 Å². The maximum atomic E-state index is 13.6. The van der Waals surface area contributed by atoms with E-state index in [1.165, 1.54) is 11.1 Å². The maximum absolute atomic E-state index is 13.6. The number of nitrogens with zero attached hydrogens (tertiary/aromatic N) is 2. The van der Waals surface area contributed by atoms with Crippen LogP contribution in [-0.4, -0.2) is 48.4 Å². The lowest BCUT2D eigenvalue weighted by Gasteiger charge is -2.43. The Morgan fingerprint density at radius 3 is 2.79 bits per heavy atom. The van der Waals surface area contributed by atoms with Crippen LogP contribution in [0.3, 0.4) is 0 Å². The predicted octanol–water partition coefficient (Wildman–Crippen LogP) is 5.17. The van der Waals surface area contributed by atoms with Crippen LogP contribution in [0.1, 0.15) is 54.5 Å². The minimum absolute atomic E-state index is 0.0590. The Bertz CT molecular complexity index is 1080. The van der Waals surface area contributed by atoms with Crippen LogP contribution >= 0.6 is 11.8 Å². The molecule has 0 saturated carbocycles. The molecule has 0 bridgehead atoms. The smallest absolute Gasteiger partial charge is 0.227 e. The molecular formula is C28H34N2O3S. The van der Waals surface area contributed by atoms with Gasteiger partial charge in [0.2, 0.25) is 11.8 Å². The summed E-state index contributed by atoms with van der Waals surface area (Å²) in [5, 5.41) is 1.83. The van der Waals surface area contributed by atoms with Crippen molar-refractivity contribution >= 4 is 23.6 Å². The van der Waals surface area contributed by atoms with Crippen molar-refractivity contribution < 1.29 is 14.3 Å². The van der Waals surface area contributed by atoms with Gasteiger partial charge in [0, 0.05) is 24.9 Å². The molecule has 5 nitrogen and oxygen atoms in total. The molecular weight excluding hydrogens is 444 g/mol.